The van der Waals surface area contributed by atoms with E-state index in [1.165, 1.54) is 48.7 Å². The van der Waals surface area contributed by atoms with E-state index >= 15 is 0 Å². The van der Waals surface area contributed by atoms with E-state index in [4.69, 9.17) is 42.1 Å². The third-order valence-electron chi connectivity index (χ3n) is 5.91. The first-order valence-corrected chi connectivity index (χ1v) is 14.3. The van der Waals surface area contributed by atoms with E-state index in [0.29, 0.717) is 28.0 Å². The maximum Gasteiger partial charge on any atom is 0.343 e. The van der Waals surface area contributed by atoms with Crippen molar-refractivity contribution in [3.05, 3.63) is 118 Å². The summed E-state index contributed by atoms with van der Waals surface area (Å²) in [6.07, 6.45) is 3.29. The molecule has 9 nitrogen and oxygen atoms in total. The van der Waals surface area contributed by atoms with E-state index in [9.17, 15) is 14.4 Å². The van der Waals surface area contributed by atoms with Gasteiger partial charge in [-0.2, -0.15) is 5.10 Å². The van der Waals surface area contributed by atoms with Crippen LogP contribution in [0.4, 0.5) is 0 Å². The smallest absolute Gasteiger partial charge is 0.343 e. The van der Waals surface area contributed by atoms with Gasteiger partial charge in [-0.15, -0.1) is 0 Å². The molecule has 4 aromatic rings. The van der Waals surface area contributed by atoms with E-state index in [1.54, 1.807) is 48.5 Å². The highest BCUT2D eigenvalue weighted by atomic mass is 35.5. The van der Waals surface area contributed by atoms with E-state index in [1.807, 2.05) is 0 Å². The zero-order valence-corrected chi connectivity index (χ0v) is 25.1. The van der Waals surface area contributed by atoms with Crippen LogP contribution in [-0.4, -0.2) is 37.3 Å². The third kappa shape index (κ3) is 9.86. The number of carbonyl (C=O) groups excluding carboxylic acids is 3. The Kier molecular flexibility index (Phi) is 11.7. The number of esters is 2. The highest BCUT2D eigenvalue weighted by Gasteiger charge is 2.15. The lowest BCUT2D eigenvalue weighted by molar-refractivity contribution is -0.123. The summed E-state index contributed by atoms with van der Waals surface area (Å²) in [4.78, 5) is 37.7. The second-order valence-electron chi connectivity index (χ2n) is 9.25. The molecular weight excluding hydrogens is 607 g/mol. The standard InChI is InChI=1S/C33H28Cl2N2O7/c1-2-3-18-41-27-14-16-28(17-15-27)42-21-31(38)37-36-20-24-8-13-29(43-32(39)22-4-9-25(34)10-5-22)19-30(24)44-33(40)23-6-11-26(35)12-7-23/h4-17,19-20H,2-3,18,21H2,1H3,(H,37,38)/b36-20+. The van der Waals surface area contributed by atoms with Crippen LogP contribution >= 0.6 is 23.2 Å². The Labute approximate surface area is 264 Å². The molecule has 0 aliphatic heterocycles. The number of hydrogen-bond acceptors (Lipinski definition) is 8. The quantitative estimate of drug-likeness (QED) is 0.0547. The van der Waals surface area contributed by atoms with Crippen LogP contribution in [0.5, 0.6) is 23.0 Å². The fourth-order valence-electron chi connectivity index (χ4n) is 3.59. The minimum atomic E-state index is -0.684. The molecule has 0 unspecified atom stereocenters. The van der Waals surface area contributed by atoms with Crippen molar-refractivity contribution in [1.82, 2.24) is 5.43 Å². The number of benzene rings is 4. The van der Waals surface area contributed by atoms with Gasteiger partial charge in [0.25, 0.3) is 5.91 Å². The highest BCUT2D eigenvalue weighted by Crippen LogP contribution is 2.26. The van der Waals surface area contributed by atoms with Crippen LogP contribution in [0.25, 0.3) is 0 Å². The molecule has 0 saturated heterocycles. The molecule has 0 spiro atoms. The first kappa shape index (κ1) is 32.1. The zero-order chi connectivity index (χ0) is 31.3. The van der Waals surface area contributed by atoms with Crippen LogP contribution in [0, 0.1) is 0 Å². The fourth-order valence-corrected chi connectivity index (χ4v) is 3.84. The number of unbranched alkanes of at least 4 members (excludes halogenated alkanes) is 1. The number of ether oxygens (including phenoxy) is 4. The van der Waals surface area contributed by atoms with Crippen LogP contribution in [-0.2, 0) is 4.79 Å². The van der Waals surface area contributed by atoms with Gasteiger partial charge in [0.05, 0.1) is 23.9 Å². The van der Waals surface area contributed by atoms with Crippen molar-refractivity contribution in [2.45, 2.75) is 19.8 Å². The minimum absolute atomic E-state index is 0.0295. The van der Waals surface area contributed by atoms with Crippen molar-refractivity contribution in [3.8, 4) is 23.0 Å². The van der Waals surface area contributed by atoms with Gasteiger partial charge in [0.15, 0.2) is 6.61 Å². The molecule has 1 amide bonds. The summed E-state index contributed by atoms with van der Waals surface area (Å²) in [6.45, 7) is 2.44. The normalized spacial score (nSPS) is 10.7. The number of halogens is 2. The summed E-state index contributed by atoms with van der Waals surface area (Å²) < 4.78 is 22.2. The van der Waals surface area contributed by atoms with Gasteiger partial charge in [0.2, 0.25) is 0 Å². The summed E-state index contributed by atoms with van der Waals surface area (Å²) in [5.74, 6) is -0.481. The molecule has 0 aromatic heterocycles. The first-order chi connectivity index (χ1) is 21.3. The summed E-state index contributed by atoms with van der Waals surface area (Å²) in [7, 11) is 0. The molecule has 226 valence electrons. The SMILES string of the molecule is CCCCOc1ccc(OCC(=O)N/N=C/c2ccc(OC(=O)c3ccc(Cl)cc3)cc2OC(=O)c2ccc(Cl)cc2)cc1. The average molecular weight is 636 g/mol. The summed E-state index contributed by atoms with van der Waals surface area (Å²) in [5.41, 5.74) is 3.21. The van der Waals surface area contributed by atoms with Crippen LogP contribution < -0.4 is 24.4 Å². The molecule has 0 saturated carbocycles. The molecule has 1 N–H and O–H groups in total. The molecule has 0 heterocycles. The Balaban J connectivity index is 1.41. The molecule has 0 aliphatic carbocycles. The van der Waals surface area contributed by atoms with Crippen molar-refractivity contribution in [3.63, 3.8) is 0 Å². The Morgan fingerprint density at radius 2 is 1.27 bits per heavy atom. The van der Waals surface area contributed by atoms with Gasteiger partial charge in [0, 0.05) is 21.7 Å². The molecule has 0 fully saturated rings. The van der Waals surface area contributed by atoms with Crippen LogP contribution in [0.3, 0.4) is 0 Å². The van der Waals surface area contributed by atoms with Gasteiger partial charge < -0.3 is 18.9 Å². The number of carbonyl (C=O) groups is 3. The van der Waals surface area contributed by atoms with Gasteiger partial charge in [-0.05, 0) is 91.3 Å². The molecular formula is C33H28Cl2N2O7. The molecule has 0 aliphatic rings. The Bertz CT molecular complexity index is 1610. The Morgan fingerprint density at radius 3 is 1.86 bits per heavy atom. The molecule has 0 bridgehead atoms. The number of rotatable bonds is 13. The number of amides is 1. The van der Waals surface area contributed by atoms with Crippen LogP contribution in [0.1, 0.15) is 46.0 Å². The second-order valence-corrected chi connectivity index (χ2v) is 10.1. The average Bonchev–Trinajstić information content (AvgIpc) is 3.02. The lowest BCUT2D eigenvalue weighted by Crippen LogP contribution is -2.24. The van der Waals surface area contributed by atoms with Gasteiger partial charge in [-0.3, -0.25) is 4.79 Å². The monoisotopic (exact) mass is 634 g/mol. The van der Waals surface area contributed by atoms with Crippen molar-refractivity contribution < 1.29 is 33.3 Å². The van der Waals surface area contributed by atoms with E-state index in [-0.39, 0.29) is 29.2 Å². The first-order valence-electron chi connectivity index (χ1n) is 13.6. The van der Waals surface area contributed by atoms with Crippen molar-refractivity contribution >= 4 is 47.3 Å². The maximum absolute atomic E-state index is 12.8. The van der Waals surface area contributed by atoms with Crippen molar-refractivity contribution in [2.75, 3.05) is 13.2 Å². The molecule has 0 atom stereocenters. The maximum atomic E-state index is 12.8. The topological polar surface area (TPSA) is 113 Å². The summed E-state index contributed by atoms with van der Waals surface area (Å²) in [6, 6.07) is 23.6. The van der Waals surface area contributed by atoms with E-state index in [0.717, 1.165) is 18.6 Å². The molecule has 4 aromatic carbocycles. The van der Waals surface area contributed by atoms with Crippen molar-refractivity contribution in [1.29, 1.82) is 0 Å². The summed E-state index contributed by atoms with van der Waals surface area (Å²) in [5, 5.41) is 4.89. The van der Waals surface area contributed by atoms with Gasteiger partial charge >= 0.3 is 11.9 Å². The molecule has 11 heteroatoms. The predicted octanol–water partition coefficient (Wildman–Crippen LogP) is 7.14. The predicted molar refractivity (Wildman–Crippen MR) is 167 cm³/mol. The van der Waals surface area contributed by atoms with Crippen LogP contribution in [0.2, 0.25) is 10.0 Å². The molecule has 4 rings (SSSR count). The minimum Gasteiger partial charge on any atom is -0.494 e. The largest absolute Gasteiger partial charge is 0.494 e. The number of nitrogens with one attached hydrogen (secondary N) is 1. The zero-order valence-electron chi connectivity index (χ0n) is 23.6. The lowest BCUT2D eigenvalue weighted by atomic mass is 10.2. The van der Waals surface area contributed by atoms with Gasteiger partial charge in [-0.1, -0.05) is 36.5 Å². The van der Waals surface area contributed by atoms with Gasteiger partial charge in [0.1, 0.15) is 23.0 Å². The van der Waals surface area contributed by atoms with Gasteiger partial charge in [-0.25, -0.2) is 15.0 Å². The Morgan fingerprint density at radius 1 is 0.727 bits per heavy atom. The third-order valence-corrected chi connectivity index (χ3v) is 6.42. The number of hydrazone groups is 1. The lowest BCUT2D eigenvalue weighted by Gasteiger charge is -2.11. The number of hydrogen-bond donors (Lipinski definition) is 1. The Hall–Kier alpha value is -4.86. The molecule has 0 radical (unpaired) electrons. The van der Waals surface area contributed by atoms with E-state index < -0.39 is 17.8 Å². The second kappa shape index (κ2) is 16.1. The van der Waals surface area contributed by atoms with E-state index in [2.05, 4.69) is 17.5 Å². The molecule has 44 heavy (non-hydrogen) atoms. The van der Waals surface area contributed by atoms with Crippen LogP contribution in [0.15, 0.2) is 96.1 Å². The fraction of sp³-hybridized carbons (Fsp3) is 0.152. The van der Waals surface area contributed by atoms with Crippen molar-refractivity contribution in [2.24, 2.45) is 5.10 Å². The highest BCUT2D eigenvalue weighted by molar-refractivity contribution is 6.31. The summed E-state index contributed by atoms with van der Waals surface area (Å²) >= 11 is 11.8. The number of nitrogens with zero attached hydrogens (tertiary/aromatic N) is 1.